The van der Waals surface area contributed by atoms with Crippen molar-refractivity contribution in [3.05, 3.63) is 93.5 Å². The average molecular weight is 506 g/mol. The highest BCUT2D eigenvalue weighted by molar-refractivity contribution is 7.89. The lowest BCUT2D eigenvalue weighted by Gasteiger charge is -2.22. The van der Waals surface area contributed by atoms with Gasteiger partial charge >= 0.3 is 0 Å². The molecule has 0 saturated carbocycles. The highest BCUT2D eigenvalue weighted by Gasteiger charge is 2.27. The van der Waals surface area contributed by atoms with Crippen molar-refractivity contribution in [2.24, 2.45) is 5.10 Å². The monoisotopic (exact) mass is 505 g/mol. The first-order chi connectivity index (χ1) is 15.6. The van der Waals surface area contributed by atoms with Crippen LogP contribution in [-0.2, 0) is 21.4 Å². The molecule has 10 heteroatoms. The first kappa shape index (κ1) is 24.7. The quantitative estimate of drug-likeness (QED) is 0.351. The number of aryl methyl sites for hydroxylation is 1. The molecule has 0 aliphatic rings. The zero-order valence-corrected chi connectivity index (χ0v) is 19.9. The standard InChI is InChI=1S/C23H21Cl2N3O4S/c1-16-2-10-21(11-3-16)33(31,32)28(14-18-6-7-19(24)12-22(18)25)15-23(30)27-26-13-17-4-8-20(29)9-5-17/h2-13,29H,14-15H2,1H3,(H,27,30)/b26-13-. The van der Waals surface area contributed by atoms with Crippen molar-refractivity contribution < 1.29 is 18.3 Å². The number of hydrazone groups is 1. The molecule has 0 unspecified atom stereocenters. The van der Waals surface area contributed by atoms with Crippen LogP contribution < -0.4 is 5.43 Å². The molecule has 0 saturated heterocycles. The summed E-state index contributed by atoms with van der Waals surface area (Å²) in [7, 11) is -4.02. The number of halogens is 2. The fraction of sp³-hybridized carbons (Fsp3) is 0.130. The molecule has 0 fully saturated rings. The Hall–Kier alpha value is -2.91. The van der Waals surface area contributed by atoms with Gasteiger partial charge in [-0.15, -0.1) is 0 Å². The van der Waals surface area contributed by atoms with Gasteiger partial charge in [-0.25, -0.2) is 13.8 Å². The van der Waals surface area contributed by atoms with Gasteiger partial charge in [-0.05, 0) is 66.6 Å². The number of sulfonamides is 1. The normalized spacial score (nSPS) is 11.8. The molecule has 7 nitrogen and oxygen atoms in total. The van der Waals surface area contributed by atoms with E-state index in [0.717, 1.165) is 9.87 Å². The Kier molecular flexibility index (Phi) is 8.10. The molecular formula is C23H21Cl2N3O4S. The van der Waals surface area contributed by atoms with E-state index in [1.807, 2.05) is 6.92 Å². The van der Waals surface area contributed by atoms with E-state index in [0.29, 0.717) is 16.1 Å². The summed E-state index contributed by atoms with van der Waals surface area (Å²) in [5.74, 6) is -0.528. The Balaban J connectivity index is 1.82. The zero-order valence-electron chi connectivity index (χ0n) is 17.6. The van der Waals surface area contributed by atoms with Crippen molar-refractivity contribution in [3.8, 4) is 5.75 Å². The van der Waals surface area contributed by atoms with Gasteiger partial charge in [0.1, 0.15) is 5.75 Å². The Morgan fingerprint density at radius 3 is 2.36 bits per heavy atom. The van der Waals surface area contributed by atoms with Gasteiger partial charge < -0.3 is 5.11 Å². The molecule has 1 amide bonds. The second-order valence-electron chi connectivity index (χ2n) is 7.21. The van der Waals surface area contributed by atoms with Gasteiger partial charge in [-0.3, -0.25) is 4.79 Å². The number of nitrogens with one attached hydrogen (secondary N) is 1. The summed E-state index contributed by atoms with van der Waals surface area (Å²) < 4.78 is 27.6. The molecule has 33 heavy (non-hydrogen) atoms. The van der Waals surface area contributed by atoms with Crippen molar-refractivity contribution in [2.75, 3.05) is 6.54 Å². The minimum Gasteiger partial charge on any atom is -0.508 e. The van der Waals surface area contributed by atoms with Gasteiger partial charge in [0.25, 0.3) is 5.91 Å². The van der Waals surface area contributed by atoms with Crippen molar-refractivity contribution >= 4 is 45.3 Å². The topological polar surface area (TPSA) is 99.1 Å². The van der Waals surface area contributed by atoms with Crippen LogP contribution in [0.4, 0.5) is 0 Å². The molecule has 3 aromatic carbocycles. The van der Waals surface area contributed by atoms with E-state index < -0.39 is 22.5 Å². The molecule has 0 bridgehead atoms. The van der Waals surface area contributed by atoms with E-state index in [-0.39, 0.29) is 22.2 Å². The first-order valence-corrected chi connectivity index (χ1v) is 12.0. The maximum atomic E-state index is 13.3. The molecule has 0 aliphatic heterocycles. The molecule has 0 atom stereocenters. The molecule has 0 heterocycles. The number of carbonyl (C=O) groups excluding carboxylic acids is 1. The van der Waals surface area contributed by atoms with Crippen LogP contribution in [0.3, 0.4) is 0 Å². The van der Waals surface area contributed by atoms with E-state index in [1.54, 1.807) is 36.4 Å². The predicted molar refractivity (Wildman–Crippen MR) is 129 cm³/mol. The van der Waals surface area contributed by atoms with Crippen LogP contribution in [-0.4, -0.2) is 36.5 Å². The largest absolute Gasteiger partial charge is 0.508 e. The number of phenolic OH excluding ortho intramolecular Hbond substituents is 1. The van der Waals surface area contributed by atoms with Gasteiger partial charge in [0.15, 0.2) is 0 Å². The fourth-order valence-electron chi connectivity index (χ4n) is 2.86. The van der Waals surface area contributed by atoms with Gasteiger partial charge in [-0.2, -0.15) is 9.41 Å². The number of amides is 1. The van der Waals surface area contributed by atoms with Crippen molar-refractivity contribution in [2.45, 2.75) is 18.4 Å². The summed E-state index contributed by atoms with van der Waals surface area (Å²) in [6.07, 6.45) is 1.38. The number of aromatic hydroxyl groups is 1. The summed E-state index contributed by atoms with van der Waals surface area (Å²) in [4.78, 5) is 12.6. The highest BCUT2D eigenvalue weighted by Crippen LogP contribution is 2.25. The lowest BCUT2D eigenvalue weighted by Crippen LogP contribution is -2.39. The van der Waals surface area contributed by atoms with Crippen LogP contribution in [0.15, 0.2) is 76.7 Å². The average Bonchev–Trinajstić information content (AvgIpc) is 2.76. The van der Waals surface area contributed by atoms with Crippen molar-refractivity contribution in [1.82, 2.24) is 9.73 Å². The van der Waals surface area contributed by atoms with Gasteiger partial charge in [0.05, 0.1) is 17.7 Å². The maximum absolute atomic E-state index is 13.3. The summed E-state index contributed by atoms with van der Waals surface area (Å²) in [6, 6.07) is 17.3. The van der Waals surface area contributed by atoms with Gasteiger partial charge in [0, 0.05) is 16.6 Å². The highest BCUT2D eigenvalue weighted by atomic mass is 35.5. The number of rotatable bonds is 8. The number of phenols is 1. The predicted octanol–water partition coefficient (Wildman–Crippen LogP) is 4.35. The Morgan fingerprint density at radius 2 is 1.73 bits per heavy atom. The van der Waals surface area contributed by atoms with Crippen LogP contribution in [0.2, 0.25) is 10.0 Å². The molecule has 0 radical (unpaired) electrons. The maximum Gasteiger partial charge on any atom is 0.255 e. The second-order valence-corrected chi connectivity index (χ2v) is 9.99. The molecule has 3 rings (SSSR count). The zero-order chi connectivity index (χ0) is 24.0. The Bertz CT molecular complexity index is 1260. The van der Waals surface area contributed by atoms with Crippen LogP contribution >= 0.6 is 23.2 Å². The molecule has 0 aromatic heterocycles. The van der Waals surface area contributed by atoms with Crippen LogP contribution in [0.5, 0.6) is 5.75 Å². The van der Waals surface area contributed by atoms with Crippen molar-refractivity contribution in [1.29, 1.82) is 0 Å². The van der Waals surface area contributed by atoms with Crippen molar-refractivity contribution in [3.63, 3.8) is 0 Å². The second kappa shape index (κ2) is 10.8. The number of benzene rings is 3. The van der Waals surface area contributed by atoms with E-state index in [2.05, 4.69) is 10.5 Å². The lowest BCUT2D eigenvalue weighted by molar-refractivity contribution is -0.121. The third-order valence-electron chi connectivity index (χ3n) is 4.64. The lowest BCUT2D eigenvalue weighted by atomic mass is 10.2. The summed E-state index contributed by atoms with van der Waals surface area (Å²) >= 11 is 12.2. The molecule has 172 valence electrons. The van der Waals surface area contributed by atoms with Crippen LogP contribution in [0.1, 0.15) is 16.7 Å². The number of hydrogen-bond acceptors (Lipinski definition) is 5. The van der Waals surface area contributed by atoms with Gasteiger partial charge in [-0.1, -0.05) is 47.0 Å². The number of nitrogens with zero attached hydrogens (tertiary/aromatic N) is 2. The SMILES string of the molecule is Cc1ccc(S(=O)(=O)N(CC(=O)N/N=C\c2ccc(O)cc2)Cc2ccc(Cl)cc2Cl)cc1. The molecule has 3 aromatic rings. The molecule has 0 aliphatic carbocycles. The molecular weight excluding hydrogens is 485 g/mol. The van der Waals surface area contributed by atoms with E-state index in [4.69, 9.17) is 23.2 Å². The smallest absolute Gasteiger partial charge is 0.255 e. The van der Waals surface area contributed by atoms with E-state index >= 15 is 0 Å². The molecule has 2 N–H and O–H groups in total. The first-order valence-electron chi connectivity index (χ1n) is 9.77. The Morgan fingerprint density at radius 1 is 1.06 bits per heavy atom. The van der Waals surface area contributed by atoms with Crippen LogP contribution in [0, 0.1) is 6.92 Å². The minimum absolute atomic E-state index is 0.0542. The third kappa shape index (κ3) is 6.79. The summed E-state index contributed by atoms with van der Waals surface area (Å²) in [6.45, 7) is 1.23. The third-order valence-corrected chi connectivity index (χ3v) is 7.03. The fourth-order valence-corrected chi connectivity index (χ4v) is 4.70. The van der Waals surface area contributed by atoms with E-state index in [1.165, 1.54) is 36.5 Å². The van der Waals surface area contributed by atoms with Crippen LogP contribution in [0.25, 0.3) is 0 Å². The number of carbonyl (C=O) groups is 1. The molecule has 0 spiro atoms. The summed E-state index contributed by atoms with van der Waals surface area (Å²) in [5.41, 5.74) is 4.37. The number of hydrogen-bond donors (Lipinski definition) is 2. The summed E-state index contributed by atoms with van der Waals surface area (Å²) in [5, 5.41) is 13.9. The van der Waals surface area contributed by atoms with E-state index in [9.17, 15) is 18.3 Å². The minimum atomic E-state index is -4.02. The Labute approximate surface area is 202 Å². The van der Waals surface area contributed by atoms with Gasteiger partial charge in [0.2, 0.25) is 10.0 Å².